The van der Waals surface area contributed by atoms with Gasteiger partial charge in [0.15, 0.2) is 12.3 Å². The van der Waals surface area contributed by atoms with Crippen LogP contribution in [0, 0.1) is 0 Å². The van der Waals surface area contributed by atoms with E-state index in [0.717, 1.165) is 5.76 Å². The van der Waals surface area contributed by atoms with Gasteiger partial charge in [0, 0.05) is 24.3 Å². The number of furan rings is 1. The highest BCUT2D eigenvalue weighted by atomic mass is 16.3. The van der Waals surface area contributed by atoms with E-state index >= 15 is 0 Å². The summed E-state index contributed by atoms with van der Waals surface area (Å²) < 4.78 is 5.33. The van der Waals surface area contributed by atoms with Crippen molar-refractivity contribution in [1.82, 2.24) is 4.90 Å². The summed E-state index contributed by atoms with van der Waals surface area (Å²) in [6.45, 7) is 7.47. The summed E-state index contributed by atoms with van der Waals surface area (Å²) >= 11 is 0. The highest BCUT2D eigenvalue weighted by Crippen LogP contribution is 2.13. The molecule has 2 amide bonds. The second-order valence-corrected chi connectivity index (χ2v) is 5.85. The number of hydrogen-bond donors (Lipinski definition) is 2. The first-order valence-corrected chi connectivity index (χ1v) is 8.61. The van der Waals surface area contributed by atoms with Gasteiger partial charge in [0.05, 0.1) is 6.26 Å². The van der Waals surface area contributed by atoms with Crippen molar-refractivity contribution in [3.05, 3.63) is 54.0 Å². The van der Waals surface area contributed by atoms with Crippen molar-refractivity contribution in [2.75, 3.05) is 25.0 Å². The lowest BCUT2D eigenvalue weighted by Crippen LogP contribution is -2.86. The summed E-state index contributed by atoms with van der Waals surface area (Å²) in [4.78, 5) is 26.3. The zero-order valence-corrected chi connectivity index (χ0v) is 15.0. The van der Waals surface area contributed by atoms with E-state index in [9.17, 15) is 9.59 Å². The van der Waals surface area contributed by atoms with Crippen LogP contribution in [0.25, 0.3) is 0 Å². The second kappa shape index (κ2) is 9.03. The monoisotopic (exact) mass is 344 g/mol. The van der Waals surface area contributed by atoms with E-state index in [1.807, 2.05) is 38.2 Å². The van der Waals surface area contributed by atoms with Crippen LogP contribution in [0.4, 0.5) is 5.69 Å². The molecule has 134 valence electrons. The minimum atomic E-state index is -0.120. The van der Waals surface area contributed by atoms with Crippen molar-refractivity contribution in [3.8, 4) is 0 Å². The number of rotatable bonds is 8. The van der Waals surface area contributed by atoms with Crippen LogP contribution in [0.5, 0.6) is 0 Å². The minimum Gasteiger partial charge on any atom is -0.463 e. The molecule has 1 atom stereocenters. The second-order valence-electron chi connectivity index (χ2n) is 5.85. The Balaban J connectivity index is 1.92. The summed E-state index contributed by atoms with van der Waals surface area (Å²) in [5.41, 5.74) is 1.21. The fourth-order valence-corrected chi connectivity index (χ4v) is 2.59. The van der Waals surface area contributed by atoms with Gasteiger partial charge in [-0.05, 0) is 51.1 Å². The third-order valence-corrected chi connectivity index (χ3v) is 4.09. The van der Waals surface area contributed by atoms with Gasteiger partial charge < -0.3 is 20.0 Å². The molecule has 1 aromatic carbocycles. The third kappa shape index (κ3) is 5.19. The Morgan fingerprint density at radius 1 is 1.20 bits per heavy atom. The van der Waals surface area contributed by atoms with Gasteiger partial charge in [-0.2, -0.15) is 0 Å². The maximum absolute atomic E-state index is 12.4. The van der Waals surface area contributed by atoms with Crippen LogP contribution in [0.3, 0.4) is 0 Å². The van der Waals surface area contributed by atoms with E-state index in [-0.39, 0.29) is 24.4 Å². The van der Waals surface area contributed by atoms with E-state index < -0.39 is 0 Å². The molecule has 1 heterocycles. The van der Waals surface area contributed by atoms with Crippen molar-refractivity contribution in [1.29, 1.82) is 0 Å². The normalized spacial score (nSPS) is 11.8. The number of nitrogens with two attached hydrogens (primary N) is 1. The largest absolute Gasteiger partial charge is 0.463 e. The number of nitrogens with zero attached hydrogens (tertiary/aromatic N) is 1. The zero-order valence-electron chi connectivity index (χ0n) is 15.0. The SMILES string of the molecule is CCN(CC)C(=O)c1cccc(NC(=O)C[NH2+][C@H](C)c2ccco2)c1. The van der Waals surface area contributed by atoms with Crippen LogP contribution in [0.1, 0.15) is 42.9 Å². The molecule has 0 saturated carbocycles. The summed E-state index contributed by atoms with van der Waals surface area (Å²) in [5, 5.41) is 4.74. The molecule has 0 aliphatic heterocycles. The molecule has 25 heavy (non-hydrogen) atoms. The van der Waals surface area contributed by atoms with Crippen LogP contribution in [-0.4, -0.2) is 36.3 Å². The number of nitrogens with one attached hydrogen (secondary N) is 1. The van der Waals surface area contributed by atoms with Crippen LogP contribution < -0.4 is 10.6 Å². The number of benzene rings is 1. The zero-order chi connectivity index (χ0) is 18.2. The van der Waals surface area contributed by atoms with Crippen LogP contribution in [-0.2, 0) is 4.79 Å². The fraction of sp³-hybridized carbons (Fsp3) is 0.368. The fourth-order valence-electron chi connectivity index (χ4n) is 2.59. The molecule has 0 bridgehead atoms. The lowest BCUT2D eigenvalue weighted by atomic mass is 10.1. The molecule has 0 aliphatic carbocycles. The molecular weight excluding hydrogens is 318 g/mol. The predicted molar refractivity (Wildman–Crippen MR) is 96.2 cm³/mol. The Morgan fingerprint density at radius 2 is 1.96 bits per heavy atom. The van der Waals surface area contributed by atoms with Gasteiger partial charge in [0.25, 0.3) is 11.8 Å². The maximum atomic E-state index is 12.4. The Hall–Kier alpha value is -2.60. The minimum absolute atomic E-state index is 0.0286. The summed E-state index contributed by atoms with van der Waals surface area (Å²) in [5.74, 6) is 0.685. The Bertz CT molecular complexity index is 694. The summed E-state index contributed by atoms with van der Waals surface area (Å²) in [6, 6.07) is 10.8. The predicted octanol–water partition coefficient (Wildman–Crippen LogP) is 2.02. The van der Waals surface area contributed by atoms with E-state index in [4.69, 9.17) is 4.42 Å². The van der Waals surface area contributed by atoms with Crippen LogP contribution in [0.15, 0.2) is 47.1 Å². The van der Waals surface area contributed by atoms with E-state index in [1.54, 1.807) is 35.4 Å². The smallest absolute Gasteiger partial charge is 0.279 e. The summed E-state index contributed by atoms with van der Waals surface area (Å²) in [7, 11) is 0. The molecular formula is C19H26N3O3+. The molecule has 2 rings (SSSR count). The van der Waals surface area contributed by atoms with Crippen molar-refractivity contribution < 1.29 is 19.3 Å². The van der Waals surface area contributed by atoms with Gasteiger partial charge in [-0.25, -0.2) is 0 Å². The first-order valence-electron chi connectivity index (χ1n) is 8.61. The number of hydrogen-bond acceptors (Lipinski definition) is 3. The van der Waals surface area contributed by atoms with Gasteiger partial charge in [0.2, 0.25) is 0 Å². The molecule has 2 aromatic rings. The molecule has 6 heteroatoms. The molecule has 0 aliphatic rings. The Morgan fingerprint density at radius 3 is 2.60 bits per heavy atom. The average Bonchev–Trinajstić information content (AvgIpc) is 3.15. The van der Waals surface area contributed by atoms with Crippen molar-refractivity contribution in [3.63, 3.8) is 0 Å². The Kier molecular flexibility index (Phi) is 6.77. The maximum Gasteiger partial charge on any atom is 0.279 e. The highest BCUT2D eigenvalue weighted by Gasteiger charge is 2.15. The van der Waals surface area contributed by atoms with Gasteiger partial charge in [0.1, 0.15) is 6.04 Å². The van der Waals surface area contributed by atoms with Crippen LogP contribution in [0.2, 0.25) is 0 Å². The number of quaternary nitrogens is 1. The summed E-state index contributed by atoms with van der Waals surface area (Å²) in [6.07, 6.45) is 1.62. The van der Waals surface area contributed by atoms with Gasteiger partial charge >= 0.3 is 0 Å². The molecule has 0 radical (unpaired) electrons. The Labute approximate surface area is 148 Å². The number of carbonyl (C=O) groups is 2. The molecule has 0 unspecified atom stereocenters. The van der Waals surface area contributed by atoms with Gasteiger partial charge in [-0.15, -0.1) is 0 Å². The average molecular weight is 344 g/mol. The molecule has 0 spiro atoms. The standard InChI is InChI=1S/C19H25N3O3/c1-4-22(5-2)19(24)15-8-6-9-16(12-15)21-18(23)13-20-14(3)17-10-7-11-25-17/h6-12,14,20H,4-5,13H2,1-3H3,(H,21,23)/p+1/t14-/m1/s1. The molecule has 0 saturated heterocycles. The van der Waals surface area contributed by atoms with Crippen molar-refractivity contribution >= 4 is 17.5 Å². The molecule has 6 nitrogen and oxygen atoms in total. The van der Waals surface area contributed by atoms with Crippen molar-refractivity contribution in [2.45, 2.75) is 26.8 Å². The quantitative estimate of drug-likeness (QED) is 0.769. The topological polar surface area (TPSA) is 79.2 Å². The number of anilines is 1. The third-order valence-electron chi connectivity index (χ3n) is 4.09. The molecule has 3 N–H and O–H groups in total. The first kappa shape index (κ1) is 18.7. The van der Waals surface area contributed by atoms with Gasteiger partial charge in [-0.1, -0.05) is 6.07 Å². The first-order chi connectivity index (χ1) is 12.0. The van der Waals surface area contributed by atoms with Gasteiger partial charge in [-0.3, -0.25) is 9.59 Å². The van der Waals surface area contributed by atoms with E-state index in [0.29, 0.717) is 24.3 Å². The molecule has 0 fully saturated rings. The number of carbonyl (C=O) groups excluding carboxylic acids is 2. The number of amides is 2. The van der Waals surface area contributed by atoms with Crippen LogP contribution >= 0.6 is 0 Å². The van der Waals surface area contributed by atoms with Crippen molar-refractivity contribution in [2.24, 2.45) is 0 Å². The lowest BCUT2D eigenvalue weighted by Gasteiger charge is -2.19. The molecule has 1 aromatic heterocycles. The highest BCUT2D eigenvalue weighted by molar-refractivity contribution is 5.97. The van der Waals surface area contributed by atoms with E-state index in [1.165, 1.54) is 0 Å². The van der Waals surface area contributed by atoms with E-state index in [2.05, 4.69) is 5.32 Å². The lowest BCUT2D eigenvalue weighted by molar-refractivity contribution is -0.684.